The molecule has 1 aliphatic heterocycles. The summed E-state index contributed by atoms with van der Waals surface area (Å²) >= 11 is 1.69. The molecular formula is C27H25N3O2S. The van der Waals surface area contributed by atoms with Crippen LogP contribution in [-0.4, -0.2) is 16.7 Å². The molecule has 2 atom stereocenters. The predicted octanol–water partition coefficient (Wildman–Crippen LogP) is 5.45. The van der Waals surface area contributed by atoms with Gasteiger partial charge in [0.1, 0.15) is 5.82 Å². The van der Waals surface area contributed by atoms with E-state index >= 15 is 0 Å². The first-order chi connectivity index (χ1) is 16.0. The van der Waals surface area contributed by atoms with E-state index in [4.69, 9.17) is 0 Å². The van der Waals surface area contributed by atoms with Gasteiger partial charge in [0.05, 0.1) is 0 Å². The topological polar surface area (TPSA) is 71.1 Å². The maximum atomic E-state index is 13.6. The van der Waals surface area contributed by atoms with E-state index in [0.717, 1.165) is 28.9 Å². The summed E-state index contributed by atoms with van der Waals surface area (Å²) in [5.41, 5.74) is 5.06. The lowest BCUT2D eigenvalue weighted by atomic mass is 9.72. The van der Waals surface area contributed by atoms with Crippen molar-refractivity contribution < 1.29 is 9.59 Å². The van der Waals surface area contributed by atoms with E-state index in [0.29, 0.717) is 23.4 Å². The van der Waals surface area contributed by atoms with E-state index in [2.05, 4.69) is 27.1 Å². The second-order valence-electron chi connectivity index (χ2n) is 8.61. The number of allylic oxidation sites excluding steroid dienone is 3. The van der Waals surface area contributed by atoms with Crippen LogP contribution >= 0.6 is 11.3 Å². The number of Topliss-reactive ketones (excluding diaryl/α,β-unsaturated/α-hetero) is 1. The summed E-state index contributed by atoms with van der Waals surface area (Å²) < 4.78 is 0. The molecule has 33 heavy (non-hydrogen) atoms. The van der Waals surface area contributed by atoms with Crippen molar-refractivity contribution in [2.75, 3.05) is 5.32 Å². The molecule has 1 amide bonds. The minimum Gasteiger partial charge on any atom is -0.362 e. The Balaban J connectivity index is 1.57. The molecule has 0 spiro atoms. The normalized spacial score (nSPS) is 20.4. The first kappa shape index (κ1) is 21.3. The first-order valence-corrected chi connectivity index (χ1v) is 12.0. The lowest BCUT2D eigenvalue weighted by Crippen LogP contribution is -2.37. The molecule has 0 radical (unpaired) electrons. The third-order valence-electron chi connectivity index (χ3n) is 6.33. The Labute approximate surface area is 197 Å². The Morgan fingerprint density at radius 3 is 2.58 bits per heavy atom. The molecule has 5 nitrogen and oxygen atoms in total. The maximum Gasteiger partial charge on any atom is 0.255 e. The molecule has 1 aliphatic carbocycles. The number of hydrogen-bond acceptors (Lipinski definition) is 5. The summed E-state index contributed by atoms with van der Waals surface area (Å²) in [4.78, 5) is 32.5. The van der Waals surface area contributed by atoms with Crippen molar-refractivity contribution in [3.05, 3.63) is 105 Å². The quantitative estimate of drug-likeness (QED) is 0.549. The molecule has 166 valence electrons. The van der Waals surface area contributed by atoms with Gasteiger partial charge in [-0.2, -0.15) is 0 Å². The Hall–Kier alpha value is -3.51. The molecule has 3 heterocycles. The zero-order chi connectivity index (χ0) is 22.9. The van der Waals surface area contributed by atoms with Crippen LogP contribution in [0.3, 0.4) is 0 Å². The minimum atomic E-state index is -0.414. The highest BCUT2D eigenvalue weighted by Crippen LogP contribution is 2.46. The largest absolute Gasteiger partial charge is 0.362 e. The van der Waals surface area contributed by atoms with Gasteiger partial charge in [0, 0.05) is 51.9 Å². The van der Waals surface area contributed by atoms with E-state index in [1.165, 1.54) is 4.88 Å². The number of anilines is 1. The highest BCUT2D eigenvalue weighted by Gasteiger charge is 2.41. The lowest BCUT2D eigenvalue weighted by molar-refractivity contribution is -0.116. The highest BCUT2D eigenvalue weighted by atomic mass is 32.1. The molecule has 2 aromatic heterocycles. The molecule has 0 saturated carbocycles. The average molecular weight is 456 g/mol. The van der Waals surface area contributed by atoms with E-state index in [1.54, 1.807) is 29.7 Å². The number of thiophene rings is 1. The number of rotatable bonds is 4. The minimum absolute atomic E-state index is 0.100. The molecule has 2 N–H and O–H groups in total. The molecule has 0 saturated heterocycles. The summed E-state index contributed by atoms with van der Waals surface area (Å²) in [6.45, 7) is 3.95. The summed E-state index contributed by atoms with van der Waals surface area (Å²) in [5.74, 6) is 0.0896. The van der Waals surface area contributed by atoms with E-state index in [9.17, 15) is 9.59 Å². The van der Waals surface area contributed by atoms with E-state index < -0.39 is 5.92 Å². The van der Waals surface area contributed by atoms with E-state index in [1.807, 2.05) is 50.2 Å². The molecule has 0 fully saturated rings. The fraction of sp³-hybridized carbons (Fsp3) is 0.222. The second-order valence-corrected chi connectivity index (χ2v) is 9.59. The van der Waals surface area contributed by atoms with Gasteiger partial charge in [-0.25, -0.2) is 4.98 Å². The molecule has 3 aromatic rings. The number of dihydropyridines is 1. The van der Waals surface area contributed by atoms with Gasteiger partial charge >= 0.3 is 0 Å². The Bertz CT molecular complexity index is 1260. The molecule has 1 aromatic carbocycles. The number of benzene rings is 1. The summed E-state index contributed by atoms with van der Waals surface area (Å²) in [6, 6.07) is 17.6. The molecule has 5 rings (SSSR count). The van der Waals surface area contributed by atoms with Crippen LogP contribution in [0.2, 0.25) is 0 Å². The van der Waals surface area contributed by atoms with Gasteiger partial charge in [0.2, 0.25) is 0 Å². The van der Waals surface area contributed by atoms with Crippen molar-refractivity contribution in [1.29, 1.82) is 0 Å². The lowest BCUT2D eigenvalue weighted by Gasteiger charge is -2.36. The van der Waals surface area contributed by atoms with Crippen LogP contribution in [0.15, 0.2) is 88.7 Å². The van der Waals surface area contributed by atoms with Crippen LogP contribution in [-0.2, 0) is 9.59 Å². The number of nitrogens with zero attached hydrogens (tertiary/aromatic N) is 1. The number of amides is 1. The number of hydrogen-bond donors (Lipinski definition) is 2. The fourth-order valence-corrected chi connectivity index (χ4v) is 5.61. The monoisotopic (exact) mass is 455 g/mol. The van der Waals surface area contributed by atoms with E-state index in [-0.39, 0.29) is 17.6 Å². The Morgan fingerprint density at radius 1 is 1.06 bits per heavy atom. The number of pyridine rings is 1. The Kier molecular flexibility index (Phi) is 5.68. The standard InChI is InChI=1S/C27H25N3O2S/c1-16-8-10-18(11-9-16)25-24(27(32)30-23-7-3-4-12-28-23)17(2)29-20-14-19(15-21(31)26(20)25)22-6-5-13-33-22/h3-13,19,25,29H,14-15H2,1-2H3,(H,28,30,32). The predicted molar refractivity (Wildman–Crippen MR) is 131 cm³/mol. The number of nitrogens with one attached hydrogen (secondary N) is 2. The van der Waals surface area contributed by atoms with Crippen LogP contribution in [0.4, 0.5) is 5.82 Å². The molecule has 6 heteroatoms. The summed E-state index contributed by atoms with van der Waals surface area (Å²) in [6.07, 6.45) is 2.86. The Morgan fingerprint density at radius 2 is 1.88 bits per heavy atom. The van der Waals surface area contributed by atoms with Crippen molar-refractivity contribution in [1.82, 2.24) is 10.3 Å². The number of aryl methyl sites for hydroxylation is 1. The van der Waals surface area contributed by atoms with Gasteiger partial charge in [-0.15, -0.1) is 11.3 Å². The van der Waals surface area contributed by atoms with Crippen LogP contribution < -0.4 is 10.6 Å². The van der Waals surface area contributed by atoms with Crippen LogP contribution in [0, 0.1) is 6.92 Å². The molecule has 0 bridgehead atoms. The van der Waals surface area contributed by atoms with Crippen molar-refractivity contribution in [2.45, 2.75) is 38.5 Å². The van der Waals surface area contributed by atoms with Crippen molar-refractivity contribution in [2.24, 2.45) is 0 Å². The zero-order valence-electron chi connectivity index (χ0n) is 18.6. The number of aromatic nitrogens is 1. The molecule has 2 aliphatic rings. The smallest absolute Gasteiger partial charge is 0.255 e. The van der Waals surface area contributed by atoms with Gasteiger partial charge in [-0.3, -0.25) is 9.59 Å². The third-order valence-corrected chi connectivity index (χ3v) is 7.37. The molecular weight excluding hydrogens is 430 g/mol. The summed E-state index contributed by atoms with van der Waals surface area (Å²) in [5, 5.41) is 8.40. The fourth-order valence-electron chi connectivity index (χ4n) is 4.78. The molecule has 2 unspecified atom stereocenters. The SMILES string of the molecule is CC1=C(C(=O)Nc2ccccn2)C(c2ccc(C)cc2)C2=C(CC(c3cccs3)CC2=O)N1. The van der Waals surface area contributed by atoms with Gasteiger partial charge in [-0.05, 0) is 49.4 Å². The number of carbonyl (C=O) groups excluding carboxylic acids is 2. The number of ketones is 1. The second kappa shape index (κ2) is 8.79. The van der Waals surface area contributed by atoms with Gasteiger partial charge in [0.15, 0.2) is 5.78 Å². The van der Waals surface area contributed by atoms with Gasteiger partial charge in [0.25, 0.3) is 5.91 Å². The average Bonchev–Trinajstić information content (AvgIpc) is 3.34. The summed E-state index contributed by atoms with van der Waals surface area (Å²) in [7, 11) is 0. The van der Waals surface area contributed by atoms with Crippen LogP contribution in [0.25, 0.3) is 0 Å². The van der Waals surface area contributed by atoms with Crippen molar-refractivity contribution in [3.63, 3.8) is 0 Å². The first-order valence-electron chi connectivity index (χ1n) is 11.1. The van der Waals surface area contributed by atoms with Gasteiger partial charge in [-0.1, -0.05) is 42.0 Å². The third kappa shape index (κ3) is 4.14. The van der Waals surface area contributed by atoms with Crippen molar-refractivity contribution >= 4 is 28.8 Å². The van der Waals surface area contributed by atoms with Crippen LogP contribution in [0.1, 0.15) is 47.6 Å². The van der Waals surface area contributed by atoms with Crippen LogP contribution in [0.5, 0.6) is 0 Å². The zero-order valence-corrected chi connectivity index (χ0v) is 19.4. The highest BCUT2D eigenvalue weighted by molar-refractivity contribution is 7.10. The van der Waals surface area contributed by atoms with Crippen molar-refractivity contribution in [3.8, 4) is 0 Å². The number of carbonyl (C=O) groups is 2. The maximum absolute atomic E-state index is 13.6. The van der Waals surface area contributed by atoms with Gasteiger partial charge < -0.3 is 10.6 Å².